The summed E-state index contributed by atoms with van der Waals surface area (Å²) in [7, 11) is 0. The van der Waals surface area contributed by atoms with Crippen LogP contribution < -0.4 is 5.73 Å². The van der Waals surface area contributed by atoms with Crippen LogP contribution in [-0.2, 0) is 6.42 Å². The normalized spacial score (nSPS) is 15.0. The Balaban J connectivity index is 1.98. The van der Waals surface area contributed by atoms with Gasteiger partial charge in [-0.25, -0.2) is 4.98 Å². The van der Waals surface area contributed by atoms with Crippen LogP contribution in [0.15, 0.2) is 24.3 Å². The molecule has 1 saturated carbocycles. The number of imidazole rings is 1. The molecule has 1 aliphatic rings. The molecule has 1 aliphatic carbocycles. The van der Waals surface area contributed by atoms with Crippen molar-refractivity contribution in [3.05, 3.63) is 34.2 Å². The Morgan fingerprint density at radius 2 is 2.19 bits per heavy atom. The number of benzene rings is 1. The summed E-state index contributed by atoms with van der Waals surface area (Å²) in [5, 5.41) is 1.58. The number of hydrogen-bond donors (Lipinski definition) is 1. The van der Waals surface area contributed by atoms with Crippen LogP contribution in [0.3, 0.4) is 0 Å². The summed E-state index contributed by atoms with van der Waals surface area (Å²) in [5.41, 5.74) is 9.40. The summed E-state index contributed by atoms with van der Waals surface area (Å²) < 4.78 is 2.34. The van der Waals surface area contributed by atoms with Gasteiger partial charge >= 0.3 is 0 Å². The van der Waals surface area contributed by atoms with Crippen molar-refractivity contribution < 1.29 is 0 Å². The highest BCUT2D eigenvalue weighted by Gasteiger charge is 2.29. The van der Waals surface area contributed by atoms with E-state index in [0.29, 0.717) is 6.04 Å². The molecule has 0 radical (unpaired) electrons. The van der Waals surface area contributed by atoms with Crippen LogP contribution >= 0.6 is 22.9 Å². The second-order valence-electron chi connectivity index (χ2n) is 5.51. The second-order valence-corrected chi connectivity index (χ2v) is 7.12. The number of aryl methyl sites for hydroxylation is 1. The lowest BCUT2D eigenvalue weighted by Gasteiger charge is -2.07. The quantitative estimate of drug-likeness (QED) is 0.746. The van der Waals surface area contributed by atoms with Crippen LogP contribution in [0.4, 0.5) is 5.00 Å². The molecule has 0 spiro atoms. The van der Waals surface area contributed by atoms with Crippen LogP contribution in [-0.4, -0.2) is 9.55 Å². The molecule has 1 fully saturated rings. The summed E-state index contributed by atoms with van der Waals surface area (Å²) in [6.07, 6.45) is 3.43. The summed E-state index contributed by atoms with van der Waals surface area (Å²) in [4.78, 5) is 6.12. The van der Waals surface area contributed by atoms with Crippen molar-refractivity contribution in [1.82, 2.24) is 9.55 Å². The van der Waals surface area contributed by atoms with Gasteiger partial charge in [0.25, 0.3) is 0 Å². The van der Waals surface area contributed by atoms with Gasteiger partial charge in [-0.1, -0.05) is 18.5 Å². The molecule has 4 rings (SSSR count). The number of rotatable bonds is 3. The maximum absolute atomic E-state index is 6.23. The molecule has 3 aromatic rings. The predicted octanol–water partition coefficient (Wildman–Crippen LogP) is 4.90. The van der Waals surface area contributed by atoms with Gasteiger partial charge in [0.2, 0.25) is 0 Å². The van der Waals surface area contributed by atoms with E-state index in [1.54, 1.807) is 11.3 Å². The Kier molecular flexibility index (Phi) is 2.98. The van der Waals surface area contributed by atoms with Gasteiger partial charge in [-0.05, 0) is 43.5 Å². The highest BCUT2D eigenvalue weighted by atomic mass is 35.5. The number of nitrogens with zero attached hydrogens (tertiary/aromatic N) is 2. The number of halogens is 1. The molecule has 2 heterocycles. The molecular formula is C16H16ClN3S. The predicted molar refractivity (Wildman–Crippen MR) is 90.1 cm³/mol. The van der Waals surface area contributed by atoms with Crippen molar-refractivity contribution in [3.63, 3.8) is 0 Å². The number of thiophene rings is 1. The van der Waals surface area contributed by atoms with E-state index in [1.807, 2.05) is 12.1 Å². The molecule has 3 nitrogen and oxygen atoms in total. The third-order valence-electron chi connectivity index (χ3n) is 3.96. The molecular weight excluding hydrogens is 302 g/mol. The highest BCUT2D eigenvalue weighted by molar-refractivity contribution is 7.16. The van der Waals surface area contributed by atoms with E-state index in [2.05, 4.69) is 23.6 Å². The smallest absolute Gasteiger partial charge is 0.144 e. The van der Waals surface area contributed by atoms with Crippen molar-refractivity contribution in [2.75, 3.05) is 5.73 Å². The number of nitrogens with two attached hydrogens (primary N) is 1. The molecule has 2 N–H and O–H groups in total. The maximum Gasteiger partial charge on any atom is 0.144 e. The van der Waals surface area contributed by atoms with E-state index < -0.39 is 0 Å². The summed E-state index contributed by atoms with van der Waals surface area (Å²) in [6.45, 7) is 2.15. The lowest BCUT2D eigenvalue weighted by molar-refractivity contribution is 0.776. The van der Waals surface area contributed by atoms with Crippen LogP contribution in [0.25, 0.3) is 22.4 Å². The van der Waals surface area contributed by atoms with Crippen molar-refractivity contribution >= 4 is 39.0 Å². The first-order valence-corrected chi connectivity index (χ1v) is 8.43. The molecule has 5 heteroatoms. The Bertz CT molecular complexity index is 830. The third kappa shape index (κ3) is 2.14. The van der Waals surface area contributed by atoms with Gasteiger partial charge in [0, 0.05) is 15.9 Å². The fraction of sp³-hybridized carbons (Fsp3) is 0.312. The van der Waals surface area contributed by atoms with Gasteiger partial charge in [-0.2, -0.15) is 0 Å². The van der Waals surface area contributed by atoms with Crippen LogP contribution in [0.2, 0.25) is 5.02 Å². The average Bonchev–Trinajstić information content (AvgIpc) is 3.13. The zero-order chi connectivity index (χ0) is 14.6. The van der Waals surface area contributed by atoms with E-state index in [4.69, 9.17) is 22.3 Å². The topological polar surface area (TPSA) is 43.8 Å². The first-order valence-electron chi connectivity index (χ1n) is 7.23. The van der Waals surface area contributed by atoms with Crippen LogP contribution in [0.5, 0.6) is 0 Å². The van der Waals surface area contributed by atoms with Gasteiger partial charge in [-0.3, -0.25) is 0 Å². The van der Waals surface area contributed by atoms with Gasteiger partial charge in [0.1, 0.15) is 5.82 Å². The van der Waals surface area contributed by atoms with Crippen LogP contribution in [0, 0.1) is 0 Å². The molecule has 0 saturated heterocycles. The number of fused-ring (bicyclic) bond motifs is 1. The van der Waals surface area contributed by atoms with E-state index in [0.717, 1.165) is 38.9 Å². The Morgan fingerprint density at radius 3 is 2.86 bits per heavy atom. The molecule has 0 amide bonds. The Morgan fingerprint density at radius 1 is 1.38 bits per heavy atom. The van der Waals surface area contributed by atoms with Gasteiger partial charge < -0.3 is 10.3 Å². The van der Waals surface area contributed by atoms with E-state index in [9.17, 15) is 0 Å². The summed E-state index contributed by atoms with van der Waals surface area (Å²) >= 11 is 7.77. The van der Waals surface area contributed by atoms with E-state index in [-0.39, 0.29) is 0 Å². The van der Waals surface area contributed by atoms with Crippen molar-refractivity contribution in [1.29, 1.82) is 0 Å². The standard InChI is InChI=1S/C16H16ClN3S/c1-2-11-8-12(15(18)21-11)16-19-13-7-9(17)3-6-14(13)20(16)10-4-5-10/h3,6-8,10H,2,4-5,18H2,1H3. The number of hydrogen-bond acceptors (Lipinski definition) is 3. The number of aromatic nitrogens is 2. The van der Waals surface area contributed by atoms with Crippen molar-refractivity contribution in [2.24, 2.45) is 0 Å². The molecule has 0 bridgehead atoms. The van der Waals surface area contributed by atoms with Crippen molar-refractivity contribution in [3.8, 4) is 11.4 Å². The summed E-state index contributed by atoms with van der Waals surface area (Å²) in [5.74, 6) is 0.989. The Hall–Kier alpha value is -1.52. The molecule has 1 aromatic carbocycles. The minimum atomic E-state index is 0.551. The fourth-order valence-electron chi connectivity index (χ4n) is 2.77. The molecule has 0 unspecified atom stereocenters. The maximum atomic E-state index is 6.23. The molecule has 108 valence electrons. The second kappa shape index (κ2) is 4.75. The van der Waals surface area contributed by atoms with Crippen molar-refractivity contribution in [2.45, 2.75) is 32.2 Å². The Labute approximate surface area is 132 Å². The molecule has 0 aliphatic heterocycles. The minimum Gasteiger partial charge on any atom is -0.390 e. The SMILES string of the molecule is CCc1cc(-c2nc3cc(Cl)ccc3n2C2CC2)c(N)s1. The van der Waals surface area contributed by atoms with Gasteiger partial charge in [0.15, 0.2) is 0 Å². The molecule has 0 atom stereocenters. The number of nitrogen functional groups attached to an aromatic ring is 1. The van der Waals surface area contributed by atoms with E-state index >= 15 is 0 Å². The van der Waals surface area contributed by atoms with Gasteiger partial charge in [-0.15, -0.1) is 11.3 Å². The summed E-state index contributed by atoms with van der Waals surface area (Å²) in [6, 6.07) is 8.67. The monoisotopic (exact) mass is 317 g/mol. The fourth-order valence-corrected chi connectivity index (χ4v) is 3.80. The van der Waals surface area contributed by atoms with E-state index in [1.165, 1.54) is 17.7 Å². The van der Waals surface area contributed by atoms with Gasteiger partial charge in [0.05, 0.1) is 21.6 Å². The number of anilines is 1. The molecule has 2 aromatic heterocycles. The average molecular weight is 318 g/mol. The highest BCUT2D eigenvalue weighted by Crippen LogP contribution is 2.44. The lowest BCUT2D eigenvalue weighted by atomic mass is 10.2. The zero-order valence-corrected chi connectivity index (χ0v) is 13.3. The first-order chi connectivity index (χ1) is 10.2. The zero-order valence-electron chi connectivity index (χ0n) is 11.8. The lowest BCUT2D eigenvalue weighted by Crippen LogP contribution is -1.98. The molecule has 21 heavy (non-hydrogen) atoms. The van der Waals surface area contributed by atoms with Crippen LogP contribution in [0.1, 0.15) is 30.7 Å². The first kappa shape index (κ1) is 13.2. The largest absolute Gasteiger partial charge is 0.390 e. The minimum absolute atomic E-state index is 0.551. The third-order valence-corrected chi connectivity index (χ3v) is 5.31.